The van der Waals surface area contributed by atoms with E-state index in [1.54, 1.807) is 34.8 Å². The maximum absolute atomic E-state index is 12.8. The van der Waals surface area contributed by atoms with Gasteiger partial charge in [0.15, 0.2) is 0 Å². The van der Waals surface area contributed by atoms with Crippen molar-refractivity contribution in [3.8, 4) is 0 Å². The van der Waals surface area contributed by atoms with E-state index in [1.165, 1.54) is 17.5 Å². The van der Waals surface area contributed by atoms with Crippen molar-refractivity contribution in [3.05, 3.63) is 65.4 Å². The number of aryl methyl sites for hydroxylation is 2. The number of sulfonamides is 1. The molecule has 7 heteroatoms. The lowest BCUT2D eigenvalue weighted by Crippen LogP contribution is -2.41. The van der Waals surface area contributed by atoms with Gasteiger partial charge in [-0.25, -0.2) is 8.42 Å². The van der Waals surface area contributed by atoms with Gasteiger partial charge in [-0.05, 0) is 73.4 Å². The number of hydrogen-bond donors (Lipinski definition) is 1. The second kappa shape index (κ2) is 8.71. The third-order valence-corrected chi connectivity index (χ3v) is 8.67. The number of nitrogens with zero attached hydrogens (tertiary/aromatic N) is 1. The second-order valence-corrected chi connectivity index (χ2v) is 10.8. The van der Waals surface area contributed by atoms with Gasteiger partial charge in [0.05, 0.1) is 17.6 Å². The van der Waals surface area contributed by atoms with Crippen LogP contribution in [0.25, 0.3) is 11.0 Å². The van der Waals surface area contributed by atoms with Crippen molar-refractivity contribution in [2.45, 2.75) is 43.4 Å². The molecule has 1 aromatic heterocycles. The molecular weight excluding hydrogens is 424 g/mol. The van der Waals surface area contributed by atoms with Gasteiger partial charge in [-0.2, -0.15) is 4.31 Å². The first-order chi connectivity index (χ1) is 15.5. The predicted molar refractivity (Wildman–Crippen MR) is 123 cm³/mol. The van der Waals surface area contributed by atoms with Crippen LogP contribution < -0.4 is 5.32 Å². The van der Waals surface area contributed by atoms with Gasteiger partial charge >= 0.3 is 0 Å². The summed E-state index contributed by atoms with van der Waals surface area (Å²) in [6, 6.07) is 12.9. The van der Waals surface area contributed by atoms with Crippen molar-refractivity contribution in [3.63, 3.8) is 0 Å². The van der Waals surface area contributed by atoms with E-state index in [2.05, 4.69) is 17.4 Å². The second-order valence-electron chi connectivity index (χ2n) is 8.87. The Kier molecular flexibility index (Phi) is 5.78. The summed E-state index contributed by atoms with van der Waals surface area (Å²) in [5.74, 6) is 0.262. The number of benzene rings is 2. The molecule has 0 radical (unpaired) electrons. The minimum Gasteiger partial charge on any atom is -0.464 e. The van der Waals surface area contributed by atoms with Gasteiger partial charge in [0, 0.05) is 30.6 Å². The van der Waals surface area contributed by atoms with Crippen LogP contribution in [0.15, 0.2) is 58.0 Å². The standard InChI is InChI=1S/C25H28N2O4S/c28-25(15-21-17-31-24-14-20-6-4-5-19(20)13-23(21)24)26-16-18-9-11-27(12-10-18)32(29,30)22-7-2-1-3-8-22/h1-3,7-8,13-14,17-18H,4-6,9-12,15-16H2,(H,26,28). The van der Waals surface area contributed by atoms with E-state index in [4.69, 9.17) is 4.42 Å². The summed E-state index contributed by atoms with van der Waals surface area (Å²) < 4.78 is 32.8. The number of amides is 1. The number of rotatable bonds is 6. The Labute approximate surface area is 188 Å². The predicted octanol–water partition coefficient (Wildman–Crippen LogP) is 3.68. The van der Waals surface area contributed by atoms with Crippen LogP contribution in [0, 0.1) is 5.92 Å². The van der Waals surface area contributed by atoms with Crippen molar-refractivity contribution < 1.29 is 17.6 Å². The fourth-order valence-electron chi connectivity index (χ4n) is 4.87. The highest BCUT2D eigenvalue weighted by atomic mass is 32.2. The Balaban J connectivity index is 1.14. The number of carbonyl (C=O) groups is 1. The molecule has 0 saturated carbocycles. The first kappa shape index (κ1) is 21.2. The molecule has 1 saturated heterocycles. The molecule has 2 heterocycles. The Bertz CT molecular complexity index is 1230. The van der Waals surface area contributed by atoms with Gasteiger partial charge in [0.2, 0.25) is 15.9 Å². The van der Waals surface area contributed by atoms with Crippen LogP contribution in [0.3, 0.4) is 0 Å². The molecule has 6 nitrogen and oxygen atoms in total. The summed E-state index contributed by atoms with van der Waals surface area (Å²) in [6.45, 7) is 1.54. The monoisotopic (exact) mass is 452 g/mol. The number of furan rings is 1. The van der Waals surface area contributed by atoms with Crippen LogP contribution in [0.5, 0.6) is 0 Å². The summed E-state index contributed by atoms with van der Waals surface area (Å²) in [5, 5.41) is 4.09. The third-order valence-electron chi connectivity index (χ3n) is 6.76. The highest BCUT2D eigenvalue weighted by Gasteiger charge is 2.29. The molecule has 1 aliphatic carbocycles. The Morgan fingerprint density at radius 3 is 2.53 bits per heavy atom. The molecule has 1 amide bonds. The van der Waals surface area contributed by atoms with Crippen molar-refractivity contribution in [2.24, 2.45) is 5.92 Å². The molecule has 5 rings (SSSR count). The zero-order valence-electron chi connectivity index (χ0n) is 18.0. The quantitative estimate of drug-likeness (QED) is 0.619. The largest absolute Gasteiger partial charge is 0.464 e. The molecule has 3 aromatic rings. The topological polar surface area (TPSA) is 79.6 Å². The van der Waals surface area contributed by atoms with Crippen molar-refractivity contribution in [2.75, 3.05) is 19.6 Å². The highest BCUT2D eigenvalue weighted by Crippen LogP contribution is 2.30. The van der Waals surface area contributed by atoms with E-state index in [0.29, 0.717) is 31.0 Å². The molecule has 0 bridgehead atoms. The molecule has 0 spiro atoms. The number of piperidine rings is 1. The lowest BCUT2D eigenvalue weighted by atomic mass is 9.98. The SMILES string of the molecule is O=C(Cc1coc2cc3c(cc12)CCC3)NCC1CCN(S(=O)(=O)c2ccccc2)CC1. The van der Waals surface area contributed by atoms with Gasteiger partial charge in [0.1, 0.15) is 5.58 Å². The first-order valence-corrected chi connectivity index (χ1v) is 12.8. The zero-order chi connectivity index (χ0) is 22.1. The van der Waals surface area contributed by atoms with Crippen LogP contribution >= 0.6 is 0 Å². The summed E-state index contributed by atoms with van der Waals surface area (Å²) in [6.07, 6.45) is 6.87. The molecule has 1 aliphatic heterocycles. The maximum Gasteiger partial charge on any atom is 0.243 e. The van der Waals surface area contributed by atoms with Gasteiger partial charge in [0.25, 0.3) is 0 Å². The van der Waals surface area contributed by atoms with Crippen LogP contribution in [-0.2, 0) is 34.1 Å². The molecule has 1 fully saturated rings. The number of fused-ring (bicyclic) bond motifs is 2. The van der Waals surface area contributed by atoms with E-state index >= 15 is 0 Å². The normalized spacial score (nSPS) is 17.5. The molecule has 168 valence electrons. The lowest BCUT2D eigenvalue weighted by molar-refractivity contribution is -0.120. The molecule has 0 unspecified atom stereocenters. The summed E-state index contributed by atoms with van der Waals surface area (Å²) in [4.78, 5) is 12.9. The first-order valence-electron chi connectivity index (χ1n) is 11.3. The molecule has 32 heavy (non-hydrogen) atoms. The average molecular weight is 453 g/mol. The average Bonchev–Trinajstić information content (AvgIpc) is 3.43. The Hall–Kier alpha value is -2.64. The van der Waals surface area contributed by atoms with Gasteiger partial charge < -0.3 is 9.73 Å². The van der Waals surface area contributed by atoms with Gasteiger partial charge in [-0.15, -0.1) is 0 Å². The molecule has 2 aromatic carbocycles. The van der Waals surface area contributed by atoms with Crippen LogP contribution in [0.4, 0.5) is 0 Å². The zero-order valence-corrected chi connectivity index (χ0v) is 18.9. The van der Waals surface area contributed by atoms with E-state index in [-0.39, 0.29) is 11.8 Å². The third kappa shape index (κ3) is 4.19. The number of carbonyl (C=O) groups excluding carboxylic acids is 1. The van der Waals surface area contributed by atoms with Crippen molar-refractivity contribution >= 4 is 26.9 Å². The highest BCUT2D eigenvalue weighted by molar-refractivity contribution is 7.89. The number of hydrogen-bond acceptors (Lipinski definition) is 4. The lowest BCUT2D eigenvalue weighted by Gasteiger charge is -2.31. The summed E-state index contributed by atoms with van der Waals surface area (Å²) in [5.41, 5.74) is 4.53. The van der Waals surface area contributed by atoms with Crippen molar-refractivity contribution in [1.82, 2.24) is 9.62 Å². The van der Waals surface area contributed by atoms with E-state index in [1.807, 2.05) is 6.07 Å². The van der Waals surface area contributed by atoms with E-state index in [0.717, 1.165) is 42.2 Å². The van der Waals surface area contributed by atoms with Gasteiger partial charge in [-0.1, -0.05) is 18.2 Å². The van der Waals surface area contributed by atoms with Crippen molar-refractivity contribution in [1.29, 1.82) is 0 Å². The smallest absolute Gasteiger partial charge is 0.243 e. The Morgan fingerprint density at radius 1 is 1.06 bits per heavy atom. The molecule has 1 N–H and O–H groups in total. The summed E-state index contributed by atoms with van der Waals surface area (Å²) >= 11 is 0. The minimum absolute atomic E-state index is 0.0208. The molecule has 0 atom stereocenters. The van der Waals surface area contributed by atoms with Crippen LogP contribution in [0.2, 0.25) is 0 Å². The Morgan fingerprint density at radius 2 is 1.78 bits per heavy atom. The number of nitrogens with one attached hydrogen (secondary N) is 1. The fourth-order valence-corrected chi connectivity index (χ4v) is 6.36. The van der Waals surface area contributed by atoms with E-state index in [9.17, 15) is 13.2 Å². The summed E-state index contributed by atoms with van der Waals surface area (Å²) in [7, 11) is -3.44. The molecule has 2 aliphatic rings. The molecular formula is C25H28N2O4S. The van der Waals surface area contributed by atoms with Gasteiger partial charge in [-0.3, -0.25) is 4.79 Å². The fraction of sp³-hybridized carbons (Fsp3) is 0.400. The van der Waals surface area contributed by atoms with E-state index < -0.39 is 10.0 Å². The maximum atomic E-state index is 12.8. The van der Waals surface area contributed by atoms with Crippen LogP contribution in [0.1, 0.15) is 36.0 Å². The minimum atomic E-state index is -3.44. The van der Waals surface area contributed by atoms with Crippen LogP contribution in [-0.4, -0.2) is 38.3 Å².